The van der Waals surface area contributed by atoms with Crippen LogP contribution in [0.5, 0.6) is 0 Å². The van der Waals surface area contributed by atoms with E-state index in [1.165, 1.54) is 36.3 Å². The van der Waals surface area contributed by atoms with E-state index in [2.05, 4.69) is 55.4 Å². The second kappa shape index (κ2) is 6.84. The van der Waals surface area contributed by atoms with Gasteiger partial charge in [-0.2, -0.15) is 0 Å². The zero-order valence-electron chi connectivity index (χ0n) is 14.9. The molecule has 0 aliphatic carbocycles. The molecule has 1 aliphatic heterocycles. The molecule has 1 atom stereocenters. The maximum atomic E-state index is 4.16. The van der Waals surface area contributed by atoms with E-state index >= 15 is 0 Å². The van der Waals surface area contributed by atoms with E-state index in [0.717, 1.165) is 19.6 Å². The van der Waals surface area contributed by atoms with Gasteiger partial charge in [0.05, 0.1) is 6.33 Å². The van der Waals surface area contributed by atoms with Crippen molar-refractivity contribution in [3.63, 3.8) is 0 Å². The van der Waals surface area contributed by atoms with Gasteiger partial charge in [-0.25, -0.2) is 9.66 Å². The molecule has 3 aromatic heterocycles. The zero-order chi connectivity index (χ0) is 17.2. The number of imidazole rings is 1. The predicted octanol–water partition coefficient (Wildman–Crippen LogP) is 2.12. The van der Waals surface area contributed by atoms with Crippen molar-refractivity contribution in [3.8, 4) is 0 Å². The molecule has 25 heavy (non-hydrogen) atoms. The van der Waals surface area contributed by atoms with Crippen LogP contribution in [0, 0.1) is 19.8 Å². The Morgan fingerprint density at radius 3 is 2.76 bits per heavy atom. The summed E-state index contributed by atoms with van der Waals surface area (Å²) >= 11 is 0. The Kier molecular flexibility index (Phi) is 4.40. The van der Waals surface area contributed by atoms with Gasteiger partial charge >= 0.3 is 0 Å². The van der Waals surface area contributed by atoms with E-state index in [1.807, 2.05) is 17.2 Å². The largest absolute Gasteiger partial charge is 0.337 e. The number of nitrogens with zero attached hydrogens (tertiary/aromatic N) is 7. The number of likely N-dealkylation sites (tertiary alicyclic amines) is 1. The molecular weight excluding hydrogens is 314 g/mol. The third kappa shape index (κ3) is 3.37. The third-order valence-electron chi connectivity index (χ3n) is 5.16. The summed E-state index contributed by atoms with van der Waals surface area (Å²) in [4.78, 5) is 6.74. The van der Waals surface area contributed by atoms with Crippen molar-refractivity contribution >= 4 is 0 Å². The molecule has 4 rings (SSSR count). The lowest BCUT2D eigenvalue weighted by Gasteiger charge is -2.32. The fraction of sp³-hybridized carbons (Fsp3) is 0.500. The van der Waals surface area contributed by atoms with Crippen molar-refractivity contribution in [1.82, 2.24) is 34.0 Å². The van der Waals surface area contributed by atoms with Gasteiger partial charge in [-0.05, 0) is 50.8 Å². The van der Waals surface area contributed by atoms with E-state index in [9.17, 15) is 0 Å². The van der Waals surface area contributed by atoms with Crippen LogP contribution in [0.15, 0.2) is 37.4 Å². The minimum Gasteiger partial charge on any atom is -0.337 e. The van der Waals surface area contributed by atoms with E-state index in [0.29, 0.717) is 5.92 Å². The molecule has 0 aromatic carbocycles. The van der Waals surface area contributed by atoms with Gasteiger partial charge in [0.2, 0.25) is 0 Å². The maximum Gasteiger partial charge on any atom is 0.139 e. The molecule has 0 radical (unpaired) electrons. The highest BCUT2D eigenvalue weighted by Crippen LogP contribution is 2.23. The smallest absolute Gasteiger partial charge is 0.139 e. The topological polar surface area (TPSA) is 56.7 Å². The van der Waals surface area contributed by atoms with Gasteiger partial charge in [0, 0.05) is 43.4 Å². The quantitative estimate of drug-likeness (QED) is 0.714. The van der Waals surface area contributed by atoms with Crippen LogP contribution in [-0.2, 0) is 13.1 Å². The minimum absolute atomic E-state index is 0.698. The predicted molar refractivity (Wildman–Crippen MR) is 95.0 cm³/mol. The van der Waals surface area contributed by atoms with Gasteiger partial charge in [0.15, 0.2) is 0 Å². The third-order valence-corrected chi connectivity index (χ3v) is 5.16. The Bertz CT molecular complexity index is 801. The number of aryl methyl sites for hydroxylation is 1. The van der Waals surface area contributed by atoms with Crippen molar-refractivity contribution in [2.45, 2.75) is 39.8 Å². The van der Waals surface area contributed by atoms with E-state index in [-0.39, 0.29) is 0 Å². The summed E-state index contributed by atoms with van der Waals surface area (Å²) in [6, 6.07) is 2.29. The average Bonchev–Trinajstić information content (AvgIpc) is 3.32. The van der Waals surface area contributed by atoms with Crippen LogP contribution in [0.25, 0.3) is 0 Å². The first-order chi connectivity index (χ1) is 12.2. The van der Waals surface area contributed by atoms with Gasteiger partial charge < -0.3 is 4.57 Å². The average molecular weight is 339 g/mol. The Morgan fingerprint density at radius 1 is 1.16 bits per heavy atom. The van der Waals surface area contributed by atoms with Crippen LogP contribution >= 0.6 is 0 Å². The Morgan fingerprint density at radius 2 is 2.00 bits per heavy atom. The minimum atomic E-state index is 0.698. The van der Waals surface area contributed by atoms with Crippen molar-refractivity contribution < 1.29 is 0 Å². The molecular formula is C18H25N7. The number of rotatable bonds is 5. The van der Waals surface area contributed by atoms with E-state index in [1.54, 1.807) is 12.7 Å². The molecule has 132 valence electrons. The van der Waals surface area contributed by atoms with Crippen LogP contribution < -0.4 is 0 Å². The van der Waals surface area contributed by atoms with Crippen molar-refractivity contribution in [3.05, 3.63) is 54.4 Å². The number of hydrogen-bond donors (Lipinski definition) is 0. The molecule has 0 bridgehead atoms. The number of hydrogen-bond acceptors (Lipinski definition) is 4. The van der Waals surface area contributed by atoms with Crippen LogP contribution in [0.1, 0.15) is 29.8 Å². The Hall–Kier alpha value is -2.41. The molecule has 3 aromatic rings. The van der Waals surface area contributed by atoms with Crippen LogP contribution in [0.3, 0.4) is 0 Å². The zero-order valence-corrected chi connectivity index (χ0v) is 14.9. The summed E-state index contributed by atoms with van der Waals surface area (Å²) in [6.07, 6.45) is 11.9. The van der Waals surface area contributed by atoms with Crippen molar-refractivity contribution in [2.24, 2.45) is 5.92 Å². The van der Waals surface area contributed by atoms with Crippen LogP contribution in [-0.4, -0.2) is 47.1 Å². The summed E-state index contributed by atoms with van der Waals surface area (Å²) in [5.74, 6) is 0.698. The molecule has 7 heteroatoms. The fourth-order valence-corrected chi connectivity index (χ4v) is 4.01. The van der Waals surface area contributed by atoms with Crippen molar-refractivity contribution in [1.29, 1.82) is 0 Å². The Balaban J connectivity index is 1.46. The summed E-state index contributed by atoms with van der Waals surface area (Å²) < 4.78 is 6.31. The number of piperidine rings is 1. The van der Waals surface area contributed by atoms with E-state index in [4.69, 9.17) is 0 Å². The summed E-state index contributed by atoms with van der Waals surface area (Å²) in [6.45, 7) is 8.70. The normalized spacial score (nSPS) is 18.7. The second-order valence-corrected chi connectivity index (χ2v) is 7.05. The highest BCUT2D eigenvalue weighted by atomic mass is 15.5. The highest BCUT2D eigenvalue weighted by molar-refractivity contribution is 5.27. The van der Waals surface area contributed by atoms with Gasteiger partial charge in [-0.3, -0.25) is 9.58 Å². The van der Waals surface area contributed by atoms with Gasteiger partial charge in [-0.1, -0.05) is 0 Å². The van der Waals surface area contributed by atoms with Crippen molar-refractivity contribution in [2.75, 3.05) is 13.1 Å². The molecule has 1 saturated heterocycles. The van der Waals surface area contributed by atoms with E-state index < -0.39 is 0 Å². The fourth-order valence-electron chi connectivity index (χ4n) is 4.01. The monoisotopic (exact) mass is 339 g/mol. The first-order valence-electron chi connectivity index (χ1n) is 8.92. The maximum absolute atomic E-state index is 4.16. The first kappa shape index (κ1) is 16.1. The van der Waals surface area contributed by atoms with Gasteiger partial charge in [0.1, 0.15) is 12.7 Å². The molecule has 0 N–H and O–H groups in total. The van der Waals surface area contributed by atoms with Gasteiger partial charge in [0.25, 0.3) is 0 Å². The lowest BCUT2D eigenvalue weighted by molar-refractivity contribution is 0.155. The Labute approximate surface area is 147 Å². The molecule has 7 nitrogen and oxygen atoms in total. The summed E-state index contributed by atoms with van der Waals surface area (Å²) in [7, 11) is 0. The van der Waals surface area contributed by atoms with Crippen LogP contribution in [0.2, 0.25) is 0 Å². The standard InChI is InChI=1S/C18H25N7/c1-15-8-18(16(2)25(15)24-13-20-21-14-24)11-22-6-3-4-17(9-22)10-23-7-5-19-12-23/h5,7-8,12-14,17H,3-4,6,9-11H2,1-2H3/t17-/m1/s1. The summed E-state index contributed by atoms with van der Waals surface area (Å²) in [5.41, 5.74) is 3.85. The lowest BCUT2D eigenvalue weighted by atomic mass is 9.97. The SMILES string of the molecule is Cc1cc(CN2CCC[C@@H](Cn3ccnc3)C2)c(C)n1-n1cnnc1. The first-order valence-corrected chi connectivity index (χ1v) is 8.92. The molecule has 1 fully saturated rings. The second-order valence-electron chi connectivity index (χ2n) is 7.05. The lowest BCUT2D eigenvalue weighted by Crippen LogP contribution is -2.36. The summed E-state index contributed by atoms with van der Waals surface area (Å²) in [5, 5.41) is 7.85. The van der Waals surface area contributed by atoms with Gasteiger partial charge in [-0.15, -0.1) is 10.2 Å². The molecule has 0 spiro atoms. The number of aromatic nitrogens is 6. The molecule has 4 heterocycles. The molecule has 1 aliphatic rings. The molecule has 0 unspecified atom stereocenters. The highest BCUT2D eigenvalue weighted by Gasteiger charge is 2.22. The molecule has 0 amide bonds. The van der Waals surface area contributed by atoms with Crippen LogP contribution in [0.4, 0.5) is 0 Å². The molecule has 0 saturated carbocycles.